The van der Waals surface area contributed by atoms with Gasteiger partial charge in [0.25, 0.3) is 0 Å². The van der Waals surface area contributed by atoms with Crippen LogP contribution in [0.5, 0.6) is 0 Å². The highest BCUT2D eigenvalue weighted by Crippen LogP contribution is 2.25. The summed E-state index contributed by atoms with van der Waals surface area (Å²) < 4.78 is 1.98. The average Bonchev–Trinajstić information content (AvgIpc) is 2.62. The number of rotatable bonds is 4. The lowest BCUT2D eigenvalue weighted by atomic mass is 10.1. The first-order chi connectivity index (χ1) is 8.59. The molecule has 0 spiro atoms. The molecule has 2 heterocycles. The molecule has 0 aliphatic carbocycles. The molecule has 2 rings (SSSR count). The van der Waals surface area contributed by atoms with Crippen LogP contribution in [0.25, 0.3) is 0 Å². The van der Waals surface area contributed by atoms with E-state index in [4.69, 9.17) is 0 Å². The third-order valence-corrected chi connectivity index (χ3v) is 6.38. The number of aryl methyl sites for hydroxylation is 2. The van der Waals surface area contributed by atoms with Gasteiger partial charge in [0.15, 0.2) is 0 Å². The second kappa shape index (κ2) is 6.35. The predicted molar refractivity (Wildman–Crippen MR) is 82.7 cm³/mol. The summed E-state index contributed by atoms with van der Waals surface area (Å²) in [5, 5.41) is 8.94. The maximum Gasteiger partial charge on any atom is 0.0644 e. The van der Waals surface area contributed by atoms with E-state index in [1.54, 1.807) is 0 Å². The fourth-order valence-corrected chi connectivity index (χ4v) is 5.11. The highest BCUT2D eigenvalue weighted by molar-refractivity contribution is 8.06. The van der Waals surface area contributed by atoms with Crippen LogP contribution in [0.15, 0.2) is 0 Å². The molecular formula is C13H23N3S2. The van der Waals surface area contributed by atoms with Gasteiger partial charge in [0, 0.05) is 53.4 Å². The largest absolute Gasteiger partial charge is 0.309 e. The molecule has 0 radical (unpaired) electrons. The molecule has 1 N–H and O–H groups in total. The number of thioether (sulfide) groups is 2. The lowest BCUT2D eigenvalue weighted by molar-refractivity contribution is 0.571. The number of aromatic nitrogens is 2. The van der Waals surface area contributed by atoms with Crippen LogP contribution < -0.4 is 5.32 Å². The zero-order chi connectivity index (χ0) is 13.1. The third kappa shape index (κ3) is 3.25. The maximum absolute atomic E-state index is 4.49. The van der Waals surface area contributed by atoms with Crippen molar-refractivity contribution in [2.75, 3.05) is 23.8 Å². The molecule has 1 aliphatic heterocycles. The van der Waals surface area contributed by atoms with Crippen LogP contribution in [0.4, 0.5) is 0 Å². The topological polar surface area (TPSA) is 29.9 Å². The van der Waals surface area contributed by atoms with E-state index in [2.05, 4.69) is 54.7 Å². The molecule has 5 heteroatoms. The minimum absolute atomic E-state index is 0.395. The number of hydrogen-bond acceptors (Lipinski definition) is 4. The van der Waals surface area contributed by atoms with Gasteiger partial charge in [-0.1, -0.05) is 0 Å². The summed E-state index contributed by atoms with van der Waals surface area (Å²) in [5.41, 5.74) is 3.80. The van der Waals surface area contributed by atoms with E-state index < -0.39 is 0 Å². The van der Waals surface area contributed by atoms with Gasteiger partial charge in [0.1, 0.15) is 0 Å². The lowest BCUT2D eigenvalue weighted by Gasteiger charge is -2.23. The van der Waals surface area contributed by atoms with Crippen molar-refractivity contribution in [3.63, 3.8) is 0 Å². The van der Waals surface area contributed by atoms with Gasteiger partial charge in [-0.05, 0) is 20.8 Å². The quantitative estimate of drug-likeness (QED) is 0.921. The molecule has 0 amide bonds. The second-order valence-electron chi connectivity index (χ2n) is 4.91. The van der Waals surface area contributed by atoms with Gasteiger partial charge in [-0.3, -0.25) is 4.68 Å². The predicted octanol–water partition coefficient (Wildman–Crippen LogP) is 2.54. The van der Waals surface area contributed by atoms with Crippen molar-refractivity contribution in [3.8, 4) is 0 Å². The Balaban J connectivity index is 1.92. The van der Waals surface area contributed by atoms with Gasteiger partial charge in [-0.25, -0.2) is 0 Å². The molecule has 1 aromatic rings. The maximum atomic E-state index is 4.49. The third-order valence-electron chi connectivity index (χ3n) is 3.53. The Morgan fingerprint density at radius 2 is 2.22 bits per heavy atom. The van der Waals surface area contributed by atoms with E-state index in [-0.39, 0.29) is 0 Å². The van der Waals surface area contributed by atoms with Crippen molar-refractivity contribution in [3.05, 3.63) is 17.0 Å². The Labute approximate surface area is 118 Å². The van der Waals surface area contributed by atoms with Crippen LogP contribution >= 0.6 is 23.5 Å². The van der Waals surface area contributed by atoms with Gasteiger partial charge in [0.2, 0.25) is 0 Å². The molecule has 0 aromatic carbocycles. The van der Waals surface area contributed by atoms with Gasteiger partial charge in [-0.15, -0.1) is 0 Å². The number of nitrogens with one attached hydrogen (secondary N) is 1. The van der Waals surface area contributed by atoms with Crippen LogP contribution in [0.1, 0.15) is 29.9 Å². The van der Waals surface area contributed by atoms with Gasteiger partial charge in [0.05, 0.1) is 5.69 Å². The van der Waals surface area contributed by atoms with Crippen LogP contribution in [-0.2, 0) is 7.05 Å². The molecule has 3 nitrogen and oxygen atoms in total. The normalized spacial score (nSPS) is 22.1. The fourth-order valence-electron chi connectivity index (χ4n) is 2.48. The number of nitrogens with zero attached hydrogens (tertiary/aromatic N) is 2. The minimum Gasteiger partial charge on any atom is -0.309 e. The summed E-state index contributed by atoms with van der Waals surface area (Å²) in [6.07, 6.45) is 0. The zero-order valence-corrected chi connectivity index (χ0v) is 13.3. The minimum atomic E-state index is 0.395. The van der Waals surface area contributed by atoms with Crippen LogP contribution in [0, 0.1) is 13.8 Å². The smallest absolute Gasteiger partial charge is 0.0644 e. The molecule has 0 saturated carbocycles. The number of hydrogen-bond donors (Lipinski definition) is 1. The second-order valence-corrected chi connectivity index (χ2v) is 7.46. The Bertz CT molecular complexity index is 397. The van der Waals surface area contributed by atoms with E-state index in [1.807, 2.05) is 11.7 Å². The molecule has 1 saturated heterocycles. The van der Waals surface area contributed by atoms with E-state index >= 15 is 0 Å². The molecule has 102 valence electrons. The fraction of sp³-hybridized carbons (Fsp3) is 0.769. The van der Waals surface area contributed by atoms with Gasteiger partial charge >= 0.3 is 0 Å². The highest BCUT2D eigenvalue weighted by Gasteiger charge is 2.19. The molecule has 1 aliphatic rings. The summed E-state index contributed by atoms with van der Waals surface area (Å²) in [5.74, 6) is 3.91. The van der Waals surface area contributed by atoms with E-state index in [0.29, 0.717) is 6.04 Å². The van der Waals surface area contributed by atoms with Crippen molar-refractivity contribution in [2.24, 2.45) is 7.05 Å². The van der Waals surface area contributed by atoms with Crippen molar-refractivity contribution < 1.29 is 0 Å². The van der Waals surface area contributed by atoms with E-state index in [9.17, 15) is 0 Å². The molecule has 0 bridgehead atoms. The molecule has 1 aromatic heterocycles. The Morgan fingerprint density at radius 1 is 1.44 bits per heavy atom. The van der Waals surface area contributed by atoms with Crippen molar-refractivity contribution in [2.45, 2.75) is 32.1 Å². The SMILES string of the molecule is Cc1nn(C)c(C)c1C(C)NCC1CSCCS1. The van der Waals surface area contributed by atoms with Crippen molar-refractivity contribution in [1.29, 1.82) is 0 Å². The zero-order valence-electron chi connectivity index (χ0n) is 11.7. The lowest BCUT2D eigenvalue weighted by Crippen LogP contribution is -2.31. The van der Waals surface area contributed by atoms with Crippen LogP contribution in [0.2, 0.25) is 0 Å². The molecular weight excluding hydrogens is 262 g/mol. The standard InChI is InChI=1S/C13H23N3S2/c1-9(13-10(2)15-16(4)11(13)3)14-7-12-8-17-5-6-18-12/h9,12,14H,5-8H2,1-4H3. The van der Waals surface area contributed by atoms with E-state index in [1.165, 1.54) is 28.5 Å². The molecule has 1 fully saturated rings. The van der Waals surface area contributed by atoms with Crippen molar-refractivity contribution in [1.82, 2.24) is 15.1 Å². The van der Waals surface area contributed by atoms with Crippen LogP contribution in [-0.4, -0.2) is 38.8 Å². The molecule has 2 unspecified atom stereocenters. The Hall–Kier alpha value is -0.130. The molecule has 2 atom stereocenters. The first-order valence-corrected chi connectivity index (χ1v) is 8.72. The average molecular weight is 285 g/mol. The van der Waals surface area contributed by atoms with Crippen LogP contribution in [0.3, 0.4) is 0 Å². The molecule has 18 heavy (non-hydrogen) atoms. The Kier molecular flexibility index (Phi) is 5.04. The van der Waals surface area contributed by atoms with E-state index in [0.717, 1.165) is 17.5 Å². The highest BCUT2D eigenvalue weighted by atomic mass is 32.2. The summed E-state index contributed by atoms with van der Waals surface area (Å²) in [6.45, 7) is 7.61. The van der Waals surface area contributed by atoms with Crippen molar-refractivity contribution >= 4 is 23.5 Å². The first-order valence-electron chi connectivity index (χ1n) is 6.52. The summed E-state index contributed by atoms with van der Waals surface area (Å²) in [4.78, 5) is 0. The Morgan fingerprint density at radius 3 is 2.78 bits per heavy atom. The van der Waals surface area contributed by atoms with Gasteiger partial charge < -0.3 is 5.32 Å². The summed E-state index contributed by atoms with van der Waals surface area (Å²) in [6, 6.07) is 0.395. The monoisotopic (exact) mass is 285 g/mol. The van der Waals surface area contributed by atoms with Gasteiger partial charge in [-0.2, -0.15) is 28.6 Å². The summed E-state index contributed by atoms with van der Waals surface area (Å²) in [7, 11) is 2.02. The summed E-state index contributed by atoms with van der Waals surface area (Å²) >= 11 is 4.19. The first kappa shape index (κ1) is 14.3.